The molecule has 0 aromatic heterocycles. The molecule has 0 spiro atoms. The summed E-state index contributed by atoms with van der Waals surface area (Å²) in [5.41, 5.74) is 0. The summed E-state index contributed by atoms with van der Waals surface area (Å²) in [7, 11) is -3.88. The predicted molar refractivity (Wildman–Crippen MR) is 55.5 cm³/mol. The molecular formula is C8H15NO6S. The number of aliphatic carboxylic acids is 2. The van der Waals surface area contributed by atoms with Gasteiger partial charge in [-0.3, -0.25) is 9.59 Å². The van der Waals surface area contributed by atoms with Gasteiger partial charge in [-0.1, -0.05) is 0 Å². The van der Waals surface area contributed by atoms with Gasteiger partial charge in [-0.25, -0.2) is 8.42 Å². The van der Waals surface area contributed by atoms with Gasteiger partial charge in [0.2, 0.25) is 10.0 Å². The van der Waals surface area contributed by atoms with Crippen molar-refractivity contribution in [2.45, 2.75) is 38.0 Å². The highest BCUT2D eigenvalue weighted by Gasteiger charge is 2.34. The van der Waals surface area contributed by atoms with Crippen LogP contribution in [0, 0.1) is 0 Å². The van der Waals surface area contributed by atoms with Gasteiger partial charge in [-0.05, 0) is 20.8 Å². The number of carboxylic acids is 2. The third-order valence-electron chi connectivity index (χ3n) is 1.78. The Hall–Kier alpha value is -1.15. The lowest BCUT2D eigenvalue weighted by atomic mass is 10.2. The molecule has 7 nitrogen and oxygen atoms in total. The van der Waals surface area contributed by atoms with E-state index in [0.717, 1.165) is 0 Å². The Balaban J connectivity index is 4.91. The molecule has 0 fully saturated rings. The van der Waals surface area contributed by atoms with Gasteiger partial charge in [0.05, 0.1) is 11.2 Å². The minimum Gasteiger partial charge on any atom is -0.481 e. The molecule has 1 atom stereocenters. The average Bonchev–Trinajstić information content (AvgIpc) is 1.98. The number of carboxylic acid groups (broad SMARTS) is 2. The second kappa shape index (κ2) is 4.79. The van der Waals surface area contributed by atoms with E-state index in [1.165, 1.54) is 20.8 Å². The molecule has 0 heterocycles. The fourth-order valence-electron chi connectivity index (χ4n) is 0.718. The maximum Gasteiger partial charge on any atom is 0.322 e. The Morgan fingerprint density at radius 1 is 1.25 bits per heavy atom. The molecule has 0 aliphatic heterocycles. The number of rotatable bonds is 5. The Morgan fingerprint density at radius 3 is 1.94 bits per heavy atom. The maximum absolute atomic E-state index is 11.6. The molecule has 0 aliphatic rings. The van der Waals surface area contributed by atoms with Crippen molar-refractivity contribution in [1.29, 1.82) is 0 Å². The zero-order valence-corrected chi connectivity index (χ0v) is 10.0. The van der Waals surface area contributed by atoms with E-state index in [4.69, 9.17) is 10.2 Å². The zero-order chi connectivity index (χ0) is 13.1. The van der Waals surface area contributed by atoms with Crippen molar-refractivity contribution in [3.8, 4) is 0 Å². The normalized spacial score (nSPS) is 14.4. The minimum absolute atomic E-state index is 0.801. The SMILES string of the molecule is CC(C)(C)S(=O)(=O)N[C@H](CC(=O)O)C(=O)O. The van der Waals surface area contributed by atoms with Crippen LogP contribution in [0.15, 0.2) is 0 Å². The van der Waals surface area contributed by atoms with Crippen LogP contribution >= 0.6 is 0 Å². The van der Waals surface area contributed by atoms with E-state index >= 15 is 0 Å². The summed E-state index contributed by atoms with van der Waals surface area (Å²) in [4.78, 5) is 21.0. The van der Waals surface area contributed by atoms with Gasteiger partial charge < -0.3 is 10.2 Å². The van der Waals surface area contributed by atoms with Gasteiger partial charge in [0.1, 0.15) is 6.04 Å². The van der Waals surface area contributed by atoms with E-state index in [0.29, 0.717) is 0 Å². The van der Waals surface area contributed by atoms with Gasteiger partial charge in [0, 0.05) is 0 Å². The minimum atomic E-state index is -3.88. The standard InChI is InChI=1S/C8H15NO6S/c1-8(2,3)16(14,15)9-5(7(12)13)4-6(10)11/h5,9H,4H2,1-3H3,(H,10,11)(H,12,13)/t5-/m1/s1. The van der Waals surface area contributed by atoms with Crippen molar-refractivity contribution in [2.24, 2.45) is 0 Å². The second-order valence-corrected chi connectivity index (χ2v) is 6.69. The van der Waals surface area contributed by atoms with E-state index in [-0.39, 0.29) is 0 Å². The van der Waals surface area contributed by atoms with Gasteiger partial charge in [-0.15, -0.1) is 0 Å². The molecule has 0 aromatic rings. The van der Waals surface area contributed by atoms with Gasteiger partial charge >= 0.3 is 11.9 Å². The monoisotopic (exact) mass is 253 g/mol. The molecule has 0 saturated heterocycles. The summed E-state index contributed by atoms with van der Waals surface area (Å²) < 4.78 is 23.8. The molecule has 0 radical (unpaired) electrons. The largest absolute Gasteiger partial charge is 0.481 e. The third-order valence-corrected chi connectivity index (χ3v) is 3.99. The lowest BCUT2D eigenvalue weighted by Crippen LogP contribution is -2.48. The molecule has 0 rings (SSSR count). The van der Waals surface area contributed by atoms with Crippen LogP contribution in [0.25, 0.3) is 0 Å². The van der Waals surface area contributed by atoms with Crippen LogP contribution in [0.5, 0.6) is 0 Å². The number of hydrogen-bond acceptors (Lipinski definition) is 4. The first-order chi connectivity index (χ1) is 6.97. The molecule has 3 N–H and O–H groups in total. The van der Waals surface area contributed by atoms with Crippen LogP contribution in [-0.2, 0) is 19.6 Å². The van der Waals surface area contributed by atoms with E-state index in [9.17, 15) is 18.0 Å². The van der Waals surface area contributed by atoms with Crippen LogP contribution < -0.4 is 4.72 Å². The summed E-state index contributed by atoms with van der Waals surface area (Å²) in [6.07, 6.45) is -0.801. The molecular weight excluding hydrogens is 238 g/mol. The molecule has 0 unspecified atom stereocenters. The van der Waals surface area contributed by atoms with Gasteiger partial charge in [-0.2, -0.15) is 4.72 Å². The van der Waals surface area contributed by atoms with E-state index in [1.54, 1.807) is 0 Å². The van der Waals surface area contributed by atoms with Gasteiger partial charge in [0.15, 0.2) is 0 Å². The lowest BCUT2D eigenvalue weighted by Gasteiger charge is -2.22. The molecule has 0 saturated carbocycles. The zero-order valence-electron chi connectivity index (χ0n) is 9.22. The van der Waals surface area contributed by atoms with Crippen molar-refractivity contribution >= 4 is 22.0 Å². The quantitative estimate of drug-likeness (QED) is 0.614. The molecule has 0 bridgehead atoms. The Morgan fingerprint density at radius 2 is 1.69 bits per heavy atom. The number of sulfonamides is 1. The molecule has 8 heteroatoms. The Kier molecular flexibility index (Phi) is 4.45. The predicted octanol–water partition coefficient (Wildman–Crippen LogP) is -0.368. The maximum atomic E-state index is 11.6. The number of carbonyl (C=O) groups is 2. The van der Waals surface area contributed by atoms with Crippen LogP contribution in [0.4, 0.5) is 0 Å². The first-order valence-electron chi connectivity index (χ1n) is 4.44. The van der Waals surface area contributed by atoms with Crippen LogP contribution in [0.1, 0.15) is 27.2 Å². The average molecular weight is 253 g/mol. The molecule has 0 aliphatic carbocycles. The van der Waals surface area contributed by atoms with Crippen molar-refractivity contribution in [2.75, 3.05) is 0 Å². The van der Waals surface area contributed by atoms with Crippen LogP contribution in [0.2, 0.25) is 0 Å². The molecule has 0 amide bonds. The summed E-state index contributed by atoms with van der Waals surface area (Å²) in [5.74, 6) is -2.90. The molecule has 94 valence electrons. The second-order valence-electron chi connectivity index (χ2n) is 4.22. The summed E-state index contributed by atoms with van der Waals surface area (Å²) >= 11 is 0. The van der Waals surface area contributed by atoms with Crippen LogP contribution in [-0.4, -0.2) is 41.4 Å². The third kappa shape index (κ3) is 4.15. The van der Waals surface area contributed by atoms with Gasteiger partial charge in [0.25, 0.3) is 0 Å². The first kappa shape index (κ1) is 14.8. The summed E-state index contributed by atoms with van der Waals surface area (Å²) in [5, 5.41) is 17.1. The van der Waals surface area contributed by atoms with Crippen molar-refractivity contribution in [3.63, 3.8) is 0 Å². The number of hydrogen-bond donors (Lipinski definition) is 3. The highest BCUT2D eigenvalue weighted by atomic mass is 32.2. The molecule has 16 heavy (non-hydrogen) atoms. The Bertz CT molecular complexity index is 380. The highest BCUT2D eigenvalue weighted by molar-refractivity contribution is 7.90. The fourth-order valence-corrected chi connectivity index (χ4v) is 1.63. The van der Waals surface area contributed by atoms with E-state index in [2.05, 4.69) is 0 Å². The van der Waals surface area contributed by atoms with E-state index in [1.807, 2.05) is 4.72 Å². The smallest absolute Gasteiger partial charge is 0.322 e. The Labute approximate surface area is 93.5 Å². The van der Waals surface area contributed by atoms with Crippen LogP contribution in [0.3, 0.4) is 0 Å². The first-order valence-corrected chi connectivity index (χ1v) is 5.92. The topological polar surface area (TPSA) is 121 Å². The summed E-state index contributed by atoms with van der Waals surface area (Å²) in [6, 6.07) is -1.65. The van der Waals surface area contributed by atoms with Crippen molar-refractivity contribution < 1.29 is 28.2 Å². The lowest BCUT2D eigenvalue weighted by molar-refractivity contribution is -0.145. The number of nitrogens with one attached hydrogen (secondary N) is 1. The fraction of sp³-hybridized carbons (Fsp3) is 0.750. The van der Waals surface area contributed by atoms with Crippen molar-refractivity contribution in [1.82, 2.24) is 4.72 Å². The van der Waals surface area contributed by atoms with E-state index < -0.39 is 39.2 Å². The molecule has 0 aromatic carbocycles. The van der Waals surface area contributed by atoms with Crippen molar-refractivity contribution in [3.05, 3.63) is 0 Å². The summed E-state index contributed by atoms with van der Waals surface area (Å²) in [6.45, 7) is 4.15. The highest BCUT2D eigenvalue weighted by Crippen LogP contribution is 2.14.